The van der Waals surface area contributed by atoms with Crippen LogP contribution in [0.2, 0.25) is 0 Å². The molecule has 0 heterocycles. The maximum atomic E-state index is 9.00. The van der Waals surface area contributed by atoms with Gasteiger partial charge in [0.1, 0.15) is 0 Å². The Labute approximate surface area is 83.4 Å². The van der Waals surface area contributed by atoms with Gasteiger partial charge in [-0.05, 0) is 0 Å². The maximum absolute atomic E-state index is 9.00. The first-order valence-corrected chi connectivity index (χ1v) is 3.17. The Hall–Kier alpha value is -1.22. The largest absolute Gasteiger partial charge is 0.481 e. The van der Waals surface area contributed by atoms with Crippen LogP contribution in [0.25, 0.3) is 0 Å². The van der Waals surface area contributed by atoms with Crippen LogP contribution in [0.15, 0.2) is 0 Å². The number of hydrogen-bond acceptors (Lipinski definition) is 6. The Bertz CT molecular complexity index is 98.4. The second-order valence-corrected chi connectivity index (χ2v) is 1.62. The van der Waals surface area contributed by atoms with Gasteiger partial charge in [-0.15, -0.1) is 0 Å². The maximum Gasteiger partial charge on any atom is 0.300 e. The molecule has 0 amide bonds. The summed E-state index contributed by atoms with van der Waals surface area (Å²) >= 11 is 0. The summed E-state index contributed by atoms with van der Waals surface area (Å²) in [5.74, 6) is -1.67. The molecule has 0 bridgehead atoms. The van der Waals surface area contributed by atoms with Gasteiger partial charge in [0.05, 0.1) is 0 Å². The molecule has 0 saturated carbocycles. The summed E-state index contributed by atoms with van der Waals surface area (Å²) in [5, 5.41) is 14.8. The number of carboxylic acid groups (broad SMARTS) is 2. The smallest absolute Gasteiger partial charge is 0.300 e. The van der Waals surface area contributed by atoms with Gasteiger partial charge in [-0.2, -0.15) is 0 Å². The number of hydrogen-bond donors (Lipinski definition) is 6. The zero-order valence-corrected chi connectivity index (χ0v) is 8.69. The van der Waals surface area contributed by atoms with Crippen LogP contribution in [-0.2, 0) is 9.59 Å². The Balaban J connectivity index is -0.0000000270. The predicted octanol–water partition coefficient (Wildman–Crippen LogP) is -0.590. The Morgan fingerprint density at radius 2 is 1.00 bits per heavy atom. The van der Waals surface area contributed by atoms with Crippen LogP contribution in [0.4, 0.5) is 0 Å². The highest BCUT2D eigenvalue weighted by Crippen LogP contribution is 1.42. The van der Waals surface area contributed by atoms with Crippen LogP contribution in [0.5, 0.6) is 0 Å². The lowest BCUT2D eigenvalue weighted by molar-refractivity contribution is -0.135. The van der Waals surface area contributed by atoms with Crippen molar-refractivity contribution in [2.45, 2.75) is 13.8 Å². The number of nitrogens with two attached hydrogens (primary N) is 2. The summed E-state index contributed by atoms with van der Waals surface area (Å²) in [4.78, 5) is 18.0. The molecule has 0 rings (SSSR count). The van der Waals surface area contributed by atoms with Gasteiger partial charge in [-0.3, -0.25) is 9.59 Å². The minimum absolute atomic E-state index is 0. The van der Waals surface area contributed by atoms with E-state index in [1.165, 1.54) is 0 Å². The fourth-order valence-corrected chi connectivity index (χ4v) is 0. The molecule has 0 aliphatic carbocycles. The minimum Gasteiger partial charge on any atom is -0.481 e. The van der Waals surface area contributed by atoms with Crippen LogP contribution >= 0.6 is 0 Å². The zero-order valence-electron chi connectivity index (χ0n) is 8.69. The summed E-state index contributed by atoms with van der Waals surface area (Å²) in [6.07, 6.45) is 0. The van der Waals surface area contributed by atoms with Gasteiger partial charge in [0.15, 0.2) is 0 Å². The lowest BCUT2D eigenvalue weighted by Crippen LogP contribution is -2.11. The van der Waals surface area contributed by atoms with E-state index in [0.29, 0.717) is 13.1 Å². The molecule has 90 valence electrons. The number of carbonyl (C=O) groups is 2. The zero-order chi connectivity index (χ0) is 10.6. The molecule has 0 radical (unpaired) electrons. The van der Waals surface area contributed by atoms with Crippen molar-refractivity contribution in [1.82, 2.24) is 12.3 Å². The molecule has 14 heavy (non-hydrogen) atoms. The van der Waals surface area contributed by atoms with Gasteiger partial charge in [-0.25, -0.2) is 0 Å². The van der Waals surface area contributed by atoms with E-state index in [1.54, 1.807) is 0 Å². The molecule has 0 saturated heterocycles. The highest BCUT2D eigenvalue weighted by Gasteiger charge is 1.65. The van der Waals surface area contributed by atoms with Crippen LogP contribution in [-0.4, -0.2) is 35.2 Å². The van der Waals surface area contributed by atoms with E-state index in [-0.39, 0.29) is 12.3 Å². The fourth-order valence-electron chi connectivity index (χ4n) is 0. The van der Waals surface area contributed by atoms with Crippen molar-refractivity contribution in [3.05, 3.63) is 0 Å². The standard InChI is InChI=1S/C2H8N2.2C2H4O2.2H3N/c3-1-2-4;2*1-2(3)4;;/h1-4H2;2*1H3,(H,3,4);2*1H3. The monoisotopic (exact) mass is 214 g/mol. The first-order valence-electron chi connectivity index (χ1n) is 3.17. The molecular formula is C6H22N4O4. The van der Waals surface area contributed by atoms with Crippen molar-refractivity contribution in [2.24, 2.45) is 11.5 Å². The van der Waals surface area contributed by atoms with E-state index < -0.39 is 11.9 Å². The topological polar surface area (TPSA) is 197 Å². The van der Waals surface area contributed by atoms with Gasteiger partial charge in [0.25, 0.3) is 11.9 Å². The van der Waals surface area contributed by atoms with Crippen LogP contribution < -0.4 is 23.8 Å². The highest BCUT2D eigenvalue weighted by molar-refractivity contribution is 5.63. The molecular weight excluding hydrogens is 192 g/mol. The van der Waals surface area contributed by atoms with E-state index in [9.17, 15) is 0 Å². The predicted molar refractivity (Wildman–Crippen MR) is 54.8 cm³/mol. The van der Waals surface area contributed by atoms with E-state index in [0.717, 1.165) is 13.8 Å². The van der Waals surface area contributed by atoms with Crippen molar-refractivity contribution in [1.29, 1.82) is 0 Å². The third-order valence-electron chi connectivity index (χ3n) is 0.167. The molecule has 8 heteroatoms. The second-order valence-electron chi connectivity index (χ2n) is 1.62. The van der Waals surface area contributed by atoms with Crippen molar-refractivity contribution in [2.75, 3.05) is 13.1 Å². The lowest BCUT2D eigenvalue weighted by Gasteiger charge is -1.72. The van der Waals surface area contributed by atoms with Gasteiger partial charge >= 0.3 is 0 Å². The van der Waals surface area contributed by atoms with Gasteiger partial charge in [-0.1, -0.05) is 0 Å². The molecule has 8 nitrogen and oxygen atoms in total. The third kappa shape index (κ3) is 21300. The molecule has 0 aromatic rings. The van der Waals surface area contributed by atoms with Crippen molar-refractivity contribution in [3.8, 4) is 0 Å². The van der Waals surface area contributed by atoms with Crippen molar-refractivity contribution in [3.63, 3.8) is 0 Å². The van der Waals surface area contributed by atoms with Crippen molar-refractivity contribution < 1.29 is 19.8 Å². The Kier molecular flexibility index (Phi) is 62.3. The summed E-state index contributed by atoms with van der Waals surface area (Å²) in [7, 11) is 0. The minimum atomic E-state index is -0.833. The SMILES string of the molecule is CC(=O)O.CC(=O)O.N.N.NCCN. The number of rotatable bonds is 1. The molecule has 0 fully saturated rings. The number of carboxylic acids is 2. The van der Waals surface area contributed by atoms with Crippen LogP contribution in [0.1, 0.15) is 13.8 Å². The highest BCUT2D eigenvalue weighted by atomic mass is 16.4. The number of aliphatic carboxylic acids is 2. The van der Waals surface area contributed by atoms with Crippen LogP contribution in [0, 0.1) is 0 Å². The molecule has 12 N–H and O–H groups in total. The Morgan fingerprint density at radius 1 is 0.929 bits per heavy atom. The quantitative estimate of drug-likeness (QED) is 0.332. The summed E-state index contributed by atoms with van der Waals surface area (Å²) < 4.78 is 0. The van der Waals surface area contributed by atoms with Crippen molar-refractivity contribution >= 4 is 11.9 Å². The molecule has 0 aromatic heterocycles. The first kappa shape index (κ1) is 29.3. The summed E-state index contributed by atoms with van der Waals surface area (Å²) in [5.41, 5.74) is 9.81. The van der Waals surface area contributed by atoms with E-state index in [4.69, 9.17) is 31.3 Å². The lowest BCUT2D eigenvalue weighted by atomic mass is 10.7. The van der Waals surface area contributed by atoms with Gasteiger partial charge < -0.3 is 34.0 Å². The molecule has 0 unspecified atom stereocenters. The van der Waals surface area contributed by atoms with Gasteiger partial charge in [0, 0.05) is 26.9 Å². The Morgan fingerprint density at radius 3 is 1.00 bits per heavy atom. The fraction of sp³-hybridized carbons (Fsp3) is 0.667. The van der Waals surface area contributed by atoms with E-state index in [1.807, 2.05) is 0 Å². The first-order chi connectivity index (χ1) is 5.38. The molecule has 0 aliphatic rings. The van der Waals surface area contributed by atoms with Crippen LogP contribution in [0.3, 0.4) is 0 Å². The molecule has 0 atom stereocenters. The third-order valence-corrected chi connectivity index (χ3v) is 0.167. The average Bonchev–Trinajstić information content (AvgIpc) is 1.85. The average molecular weight is 214 g/mol. The van der Waals surface area contributed by atoms with E-state index in [2.05, 4.69) is 0 Å². The summed E-state index contributed by atoms with van der Waals surface area (Å²) in [6, 6.07) is 0. The van der Waals surface area contributed by atoms with E-state index >= 15 is 0 Å². The summed E-state index contributed by atoms with van der Waals surface area (Å²) in [6.45, 7) is 3.36. The van der Waals surface area contributed by atoms with Gasteiger partial charge in [0.2, 0.25) is 0 Å². The molecule has 0 spiro atoms. The normalized spacial score (nSPS) is 5.71. The second kappa shape index (κ2) is 29.8. The molecule has 0 aromatic carbocycles. The molecule has 0 aliphatic heterocycles.